The Kier molecular flexibility index (Phi) is 3.91. The summed E-state index contributed by atoms with van der Waals surface area (Å²) in [5, 5.41) is 0. The van der Waals surface area contributed by atoms with E-state index in [4.69, 9.17) is 22.7 Å². The van der Waals surface area contributed by atoms with Crippen LogP contribution in [0.4, 0.5) is 5.69 Å². The molecule has 0 radical (unpaired) electrons. The first kappa shape index (κ1) is 11.8. The summed E-state index contributed by atoms with van der Waals surface area (Å²) in [6, 6.07) is 5.70. The molecule has 0 heterocycles. The third-order valence-electron chi connectivity index (χ3n) is 2.36. The van der Waals surface area contributed by atoms with E-state index >= 15 is 0 Å². The quantitative estimate of drug-likeness (QED) is 0.791. The normalized spacial score (nSPS) is 9.80. The molecule has 4 heteroatoms. The lowest BCUT2D eigenvalue weighted by Crippen LogP contribution is -2.21. The van der Waals surface area contributed by atoms with Crippen molar-refractivity contribution in [1.29, 1.82) is 0 Å². The second kappa shape index (κ2) is 4.98. The molecule has 1 aromatic rings. The van der Waals surface area contributed by atoms with Gasteiger partial charge in [-0.25, -0.2) is 0 Å². The van der Waals surface area contributed by atoms with Gasteiger partial charge in [-0.05, 0) is 19.1 Å². The molecule has 0 aliphatic rings. The van der Waals surface area contributed by atoms with Crippen molar-refractivity contribution in [2.45, 2.75) is 6.92 Å². The molecule has 0 saturated heterocycles. The van der Waals surface area contributed by atoms with Crippen LogP contribution in [0.15, 0.2) is 18.2 Å². The number of nitrogens with two attached hydrogens (primary N) is 1. The molecule has 0 amide bonds. The van der Waals surface area contributed by atoms with Crippen molar-refractivity contribution >= 4 is 22.9 Å². The largest absolute Gasteiger partial charge is 0.497 e. The lowest BCUT2D eigenvalue weighted by molar-refractivity contribution is 0.415. The Morgan fingerprint density at radius 2 is 2.20 bits per heavy atom. The third kappa shape index (κ3) is 2.59. The monoisotopic (exact) mass is 224 g/mol. The number of ether oxygens (including phenoxy) is 1. The van der Waals surface area contributed by atoms with E-state index < -0.39 is 0 Å². The smallest absolute Gasteiger partial charge is 0.120 e. The van der Waals surface area contributed by atoms with Gasteiger partial charge in [0.1, 0.15) is 10.7 Å². The van der Waals surface area contributed by atoms with Crippen LogP contribution >= 0.6 is 12.2 Å². The molecule has 1 aromatic carbocycles. The van der Waals surface area contributed by atoms with Crippen molar-refractivity contribution < 1.29 is 4.74 Å². The third-order valence-corrected chi connectivity index (χ3v) is 2.58. The Balaban J connectivity index is 3.22. The standard InChI is InChI=1S/C11H16N2OS/c1-4-13(2)10-7-8(14-3)5-6-9(10)11(12)15/h5-7H,4H2,1-3H3,(H2,12,15). The molecule has 82 valence electrons. The van der Waals surface area contributed by atoms with E-state index in [-0.39, 0.29) is 0 Å². The summed E-state index contributed by atoms with van der Waals surface area (Å²) < 4.78 is 5.17. The fourth-order valence-electron chi connectivity index (χ4n) is 1.33. The highest BCUT2D eigenvalue weighted by Crippen LogP contribution is 2.25. The Hall–Kier alpha value is -1.29. The molecular weight excluding hydrogens is 208 g/mol. The summed E-state index contributed by atoms with van der Waals surface area (Å²) in [6.07, 6.45) is 0. The highest BCUT2D eigenvalue weighted by Gasteiger charge is 2.09. The zero-order chi connectivity index (χ0) is 11.4. The zero-order valence-corrected chi connectivity index (χ0v) is 10.1. The Morgan fingerprint density at radius 1 is 1.53 bits per heavy atom. The van der Waals surface area contributed by atoms with Crippen molar-refractivity contribution in [2.24, 2.45) is 5.73 Å². The SMILES string of the molecule is CCN(C)c1cc(OC)ccc1C(N)=S. The lowest BCUT2D eigenvalue weighted by atomic mass is 10.1. The minimum Gasteiger partial charge on any atom is -0.497 e. The first-order chi connectivity index (χ1) is 7.10. The molecule has 0 aromatic heterocycles. The second-order valence-electron chi connectivity index (χ2n) is 3.26. The number of hydrogen-bond donors (Lipinski definition) is 1. The van der Waals surface area contributed by atoms with Gasteiger partial charge < -0.3 is 15.4 Å². The lowest BCUT2D eigenvalue weighted by Gasteiger charge is -2.20. The van der Waals surface area contributed by atoms with Crippen LogP contribution in [-0.4, -0.2) is 25.7 Å². The molecule has 15 heavy (non-hydrogen) atoms. The highest BCUT2D eigenvalue weighted by molar-refractivity contribution is 7.80. The van der Waals surface area contributed by atoms with Gasteiger partial charge in [-0.15, -0.1) is 0 Å². The Morgan fingerprint density at radius 3 is 2.67 bits per heavy atom. The summed E-state index contributed by atoms with van der Waals surface area (Å²) in [5.41, 5.74) is 7.55. The first-order valence-corrected chi connectivity index (χ1v) is 5.20. The van der Waals surface area contributed by atoms with E-state index in [1.165, 1.54) is 0 Å². The molecule has 0 fully saturated rings. The summed E-state index contributed by atoms with van der Waals surface area (Å²) in [7, 11) is 3.64. The van der Waals surface area contributed by atoms with Crippen LogP contribution in [0.1, 0.15) is 12.5 Å². The van der Waals surface area contributed by atoms with Gasteiger partial charge in [-0.1, -0.05) is 12.2 Å². The van der Waals surface area contributed by atoms with E-state index in [1.54, 1.807) is 7.11 Å². The van der Waals surface area contributed by atoms with E-state index in [2.05, 4.69) is 11.8 Å². The van der Waals surface area contributed by atoms with Crippen molar-refractivity contribution in [1.82, 2.24) is 0 Å². The predicted molar refractivity (Wildman–Crippen MR) is 67.8 cm³/mol. The second-order valence-corrected chi connectivity index (χ2v) is 3.70. The average molecular weight is 224 g/mol. The maximum absolute atomic E-state index is 5.66. The minimum absolute atomic E-state index is 0.410. The summed E-state index contributed by atoms with van der Waals surface area (Å²) in [4.78, 5) is 2.49. The van der Waals surface area contributed by atoms with Gasteiger partial charge in [0.15, 0.2) is 0 Å². The van der Waals surface area contributed by atoms with Crippen molar-refractivity contribution in [3.05, 3.63) is 23.8 Å². The topological polar surface area (TPSA) is 38.5 Å². The van der Waals surface area contributed by atoms with Crippen LogP contribution < -0.4 is 15.4 Å². The van der Waals surface area contributed by atoms with E-state index in [1.807, 2.05) is 25.2 Å². The molecule has 0 atom stereocenters. The van der Waals surface area contributed by atoms with Crippen LogP contribution in [0.3, 0.4) is 0 Å². The molecule has 0 aliphatic carbocycles. The number of thiocarbonyl (C=S) groups is 1. The Bertz CT molecular complexity index is 366. The van der Waals surface area contributed by atoms with Gasteiger partial charge in [0.2, 0.25) is 0 Å². The molecule has 0 bridgehead atoms. The van der Waals surface area contributed by atoms with Gasteiger partial charge >= 0.3 is 0 Å². The molecule has 0 unspecified atom stereocenters. The molecule has 3 nitrogen and oxygen atoms in total. The van der Waals surface area contributed by atoms with Gasteiger partial charge in [0, 0.05) is 25.2 Å². The van der Waals surface area contributed by atoms with Crippen LogP contribution in [0.25, 0.3) is 0 Å². The fraction of sp³-hybridized carbons (Fsp3) is 0.364. The summed E-state index contributed by atoms with van der Waals surface area (Å²) >= 11 is 5.01. The van der Waals surface area contributed by atoms with E-state index in [0.29, 0.717) is 4.99 Å². The summed E-state index contributed by atoms with van der Waals surface area (Å²) in [5.74, 6) is 0.810. The molecule has 0 saturated carbocycles. The van der Waals surface area contributed by atoms with Crippen molar-refractivity contribution in [3.8, 4) is 5.75 Å². The highest BCUT2D eigenvalue weighted by atomic mass is 32.1. The number of methoxy groups -OCH3 is 1. The number of nitrogens with zero attached hydrogens (tertiary/aromatic N) is 1. The number of benzene rings is 1. The minimum atomic E-state index is 0.410. The van der Waals surface area contributed by atoms with E-state index in [0.717, 1.165) is 23.5 Å². The van der Waals surface area contributed by atoms with Crippen LogP contribution in [0.5, 0.6) is 5.75 Å². The molecular formula is C11H16N2OS. The summed E-state index contributed by atoms with van der Waals surface area (Å²) in [6.45, 7) is 2.96. The van der Waals surface area contributed by atoms with E-state index in [9.17, 15) is 0 Å². The number of rotatable bonds is 4. The number of anilines is 1. The van der Waals surface area contributed by atoms with Crippen molar-refractivity contribution in [2.75, 3.05) is 25.6 Å². The maximum Gasteiger partial charge on any atom is 0.120 e. The zero-order valence-electron chi connectivity index (χ0n) is 9.28. The van der Waals surface area contributed by atoms with Gasteiger partial charge in [-0.3, -0.25) is 0 Å². The van der Waals surface area contributed by atoms with Gasteiger partial charge in [-0.2, -0.15) is 0 Å². The van der Waals surface area contributed by atoms with Gasteiger partial charge in [0.25, 0.3) is 0 Å². The van der Waals surface area contributed by atoms with Gasteiger partial charge in [0.05, 0.1) is 12.8 Å². The molecule has 1 rings (SSSR count). The first-order valence-electron chi connectivity index (χ1n) is 4.79. The number of hydrogen-bond acceptors (Lipinski definition) is 3. The van der Waals surface area contributed by atoms with Crippen LogP contribution in [0.2, 0.25) is 0 Å². The van der Waals surface area contributed by atoms with Crippen LogP contribution in [0, 0.1) is 0 Å². The Labute approximate surface area is 95.8 Å². The maximum atomic E-state index is 5.66. The average Bonchev–Trinajstić information content (AvgIpc) is 2.26. The predicted octanol–water partition coefficient (Wildman–Crippen LogP) is 1.79. The molecule has 0 aliphatic heterocycles. The molecule has 0 spiro atoms. The van der Waals surface area contributed by atoms with Crippen LogP contribution in [-0.2, 0) is 0 Å². The van der Waals surface area contributed by atoms with Crippen molar-refractivity contribution in [3.63, 3.8) is 0 Å². The fourth-order valence-corrected chi connectivity index (χ4v) is 1.51. The molecule has 2 N–H and O–H groups in total.